The minimum atomic E-state index is -0.251. The molecule has 148 valence electrons. The summed E-state index contributed by atoms with van der Waals surface area (Å²) in [6.07, 6.45) is 4.56. The van der Waals surface area contributed by atoms with Crippen molar-refractivity contribution in [2.45, 2.75) is 45.1 Å². The van der Waals surface area contributed by atoms with Gasteiger partial charge in [-0.1, -0.05) is 0 Å². The number of rotatable bonds is 6. The Morgan fingerprint density at radius 1 is 0.962 bits per heavy atom. The van der Waals surface area contributed by atoms with E-state index in [0.29, 0.717) is 12.0 Å². The quantitative estimate of drug-likeness (QED) is 0.705. The van der Waals surface area contributed by atoms with Gasteiger partial charge in [-0.05, 0) is 64.7 Å². The maximum Gasteiger partial charge on any atom is 0.325 e. The van der Waals surface area contributed by atoms with Crippen LogP contribution in [0.5, 0.6) is 0 Å². The lowest BCUT2D eigenvalue weighted by molar-refractivity contribution is -0.200. The molecule has 0 spiro atoms. The van der Waals surface area contributed by atoms with E-state index in [-0.39, 0.29) is 24.1 Å². The zero-order chi connectivity index (χ0) is 18.4. The van der Waals surface area contributed by atoms with Gasteiger partial charge in [-0.3, -0.25) is 14.5 Å². The zero-order valence-electron chi connectivity index (χ0n) is 16.0. The Kier molecular flexibility index (Phi) is 7.42. The number of Topliss-reactive ketones (excluding diaryl/α,β-unsaturated/α-hetero) is 1. The first-order valence-corrected chi connectivity index (χ1v) is 10.2. The van der Waals surface area contributed by atoms with Gasteiger partial charge in [0.2, 0.25) is 0 Å². The molecule has 0 aromatic rings. The third-order valence-electron chi connectivity index (χ3n) is 6.19. The number of piperazine rings is 1. The summed E-state index contributed by atoms with van der Waals surface area (Å²) in [5, 5.41) is 8.51. The summed E-state index contributed by atoms with van der Waals surface area (Å²) in [4.78, 5) is 32.5. The highest BCUT2D eigenvalue weighted by Crippen LogP contribution is 2.26. The Morgan fingerprint density at radius 3 is 2.12 bits per heavy atom. The number of ketones is 1. The van der Waals surface area contributed by atoms with Crippen molar-refractivity contribution < 1.29 is 14.4 Å². The van der Waals surface area contributed by atoms with Crippen molar-refractivity contribution in [2.24, 2.45) is 11.8 Å². The number of carbonyl (C=O) groups is 2. The molecule has 3 aliphatic heterocycles. The molecule has 0 aromatic heterocycles. The average Bonchev–Trinajstić information content (AvgIpc) is 2.68. The van der Waals surface area contributed by atoms with E-state index in [1.807, 2.05) is 0 Å². The summed E-state index contributed by atoms with van der Waals surface area (Å²) >= 11 is 0. The fraction of sp³-hybridized carbons (Fsp3) is 0.895. The van der Waals surface area contributed by atoms with E-state index in [1.54, 1.807) is 12.0 Å². The minimum absolute atomic E-state index is 0.115. The lowest BCUT2D eigenvalue weighted by Gasteiger charge is -2.40. The number of nitrogens with zero attached hydrogens (tertiary/aromatic N) is 2. The van der Waals surface area contributed by atoms with Gasteiger partial charge in [-0.2, -0.15) is 0 Å². The van der Waals surface area contributed by atoms with Gasteiger partial charge in [0.1, 0.15) is 5.78 Å². The normalized spacial score (nSPS) is 25.7. The molecule has 0 radical (unpaired) electrons. The molecule has 1 unspecified atom stereocenters. The first kappa shape index (κ1) is 19.7. The van der Waals surface area contributed by atoms with Crippen LogP contribution in [0.3, 0.4) is 0 Å². The van der Waals surface area contributed by atoms with Crippen molar-refractivity contribution in [2.75, 3.05) is 52.4 Å². The van der Waals surface area contributed by atoms with Gasteiger partial charge in [-0.25, -0.2) is 0 Å². The van der Waals surface area contributed by atoms with Crippen LogP contribution < -0.4 is 10.6 Å². The number of hydrogen-bond donors (Lipinski definition) is 2. The molecule has 0 amide bonds. The van der Waals surface area contributed by atoms with E-state index in [9.17, 15) is 9.59 Å². The fourth-order valence-electron chi connectivity index (χ4n) is 4.58. The Morgan fingerprint density at radius 2 is 1.54 bits per heavy atom. The van der Waals surface area contributed by atoms with Crippen LogP contribution in [0.15, 0.2) is 0 Å². The van der Waals surface area contributed by atoms with Crippen molar-refractivity contribution in [3.05, 3.63) is 0 Å². The van der Waals surface area contributed by atoms with Gasteiger partial charge in [-0.15, -0.1) is 5.06 Å². The van der Waals surface area contributed by atoms with E-state index in [0.717, 1.165) is 65.2 Å². The number of hydroxylamine groups is 2. The molecule has 3 rings (SSSR count). The van der Waals surface area contributed by atoms with Crippen molar-refractivity contribution in [3.63, 3.8) is 0 Å². The Balaban J connectivity index is 1.42. The topological polar surface area (TPSA) is 73.9 Å². The molecule has 3 saturated heterocycles. The monoisotopic (exact) mass is 366 g/mol. The summed E-state index contributed by atoms with van der Waals surface area (Å²) in [6, 6.07) is 0.663. The highest BCUT2D eigenvalue weighted by molar-refractivity contribution is 5.83. The van der Waals surface area contributed by atoms with E-state index < -0.39 is 0 Å². The molecule has 0 saturated carbocycles. The molecule has 0 bridgehead atoms. The number of hydrogen-bond acceptors (Lipinski definition) is 7. The lowest BCUT2D eigenvalue weighted by Crippen LogP contribution is -2.53. The molecule has 3 heterocycles. The van der Waals surface area contributed by atoms with E-state index >= 15 is 0 Å². The van der Waals surface area contributed by atoms with Gasteiger partial charge in [0, 0.05) is 38.1 Å². The maximum atomic E-state index is 12.4. The van der Waals surface area contributed by atoms with Crippen LogP contribution in [-0.4, -0.2) is 80.1 Å². The molecular weight excluding hydrogens is 332 g/mol. The maximum absolute atomic E-state index is 12.4. The zero-order valence-corrected chi connectivity index (χ0v) is 16.0. The van der Waals surface area contributed by atoms with Gasteiger partial charge in [0.25, 0.3) is 0 Å². The third-order valence-corrected chi connectivity index (χ3v) is 6.19. The van der Waals surface area contributed by atoms with Crippen molar-refractivity contribution in [1.82, 2.24) is 20.6 Å². The number of piperidine rings is 2. The molecule has 3 aliphatic rings. The summed E-state index contributed by atoms with van der Waals surface area (Å²) in [6.45, 7) is 9.08. The molecule has 7 heteroatoms. The predicted molar refractivity (Wildman–Crippen MR) is 99.5 cm³/mol. The fourth-order valence-corrected chi connectivity index (χ4v) is 4.58. The van der Waals surface area contributed by atoms with Crippen molar-refractivity contribution >= 4 is 11.8 Å². The lowest BCUT2D eigenvalue weighted by atomic mass is 9.80. The highest BCUT2D eigenvalue weighted by Gasteiger charge is 2.31. The third kappa shape index (κ3) is 5.49. The van der Waals surface area contributed by atoms with Crippen LogP contribution in [-0.2, 0) is 14.4 Å². The second kappa shape index (κ2) is 9.78. The second-order valence-corrected chi connectivity index (χ2v) is 7.92. The Hall–Kier alpha value is -1.02. The average molecular weight is 367 g/mol. The van der Waals surface area contributed by atoms with Gasteiger partial charge < -0.3 is 15.5 Å². The number of nitrogens with one attached hydrogen (secondary N) is 2. The summed E-state index contributed by atoms with van der Waals surface area (Å²) in [5.41, 5.74) is 0. The van der Waals surface area contributed by atoms with Crippen molar-refractivity contribution in [1.29, 1.82) is 0 Å². The molecule has 2 N–H and O–H groups in total. The Bertz CT molecular complexity index is 467. The first-order chi connectivity index (χ1) is 12.6. The smallest absolute Gasteiger partial charge is 0.325 e. The molecule has 0 aliphatic carbocycles. The van der Waals surface area contributed by atoms with Gasteiger partial charge >= 0.3 is 5.97 Å². The van der Waals surface area contributed by atoms with Crippen LogP contribution in [0.25, 0.3) is 0 Å². The largest absolute Gasteiger partial charge is 0.368 e. The highest BCUT2D eigenvalue weighted by atomic mass is 16.7. The van der Waals surface area contributed by atoms with Crippen LogP contribution in [0.1, 0.15) is 39.0 Å². The van der Waals surface area contributed by atoms with Crippen LogP contribution in [0.2, 0.25) is 0 Å². The standard InChI is InChI=1S/C19H34N4O3/c1-15(24)18(16-2-6-20-7-3-16)14-19(25)26-23-12-10-22(11-13-23)17-4-8-21-9-5-17/h16-18,20-21H,2-14H2,1H3. The first-order valence-electron chi connectivity index (χ1n) is 10.2. The van der Waals surface area contributed by atoms with E-state index in [4.69, 9.17) is 4.84 Å². The minimum Gasteiger partial charge on any atom is -0.368 e. The molecule has 26 heavy (non-hydrogen) atoms. The van der Waals surface area contributed by atoms with Gasteiger partial charge in [0.05, 0.1) is 6.42 Å². The van der Waals surface area contributed by atoms with E-state index in [1.165, 1.54) is 12.8 Å². The van der Waals surface area contributed by atoms with Gasteiger partial charge in [0.15, 0.2) is 0 Å². The van der Waals surface area contributed by atoms with E-state index in [2.05, 4.69) is 15.5 Å². The summed E-state index contributed by atoms with van der Waals surface area (Å²) in [7, 11) is 0. The van der Waals surface area contributed by atoms with Crippen LogP contribution in [0.4, 0.5) is 0 Å². The molecule has 7 nitrogen and oxygen atoms in total. The number of carbonyl (C=O) groups excluding carboxylic acids is 2. The molecule has 1 atom stereocenters. The SMILES string of the molecule is CC(=O)C(CC(=O)ON1CCN(C2CCNCC2)CC1)C1CCNCC1. The summed E-state index contributed by atoms with van der Waals surface area (Å²) < 4.78 is 0. The Labute approximate surface area is 156 Å². The predicted octanol–water partition coefficient (Wildman–Crippen LogP) is 0.409. The van der Waals surface area contributed by atoms with Crippen molar-refractivity contribution in [3.8, 4) is 0 Å². The molecule has 3 fully saturated rings. The van der Waals surface area contributed by atoms with Crippen LogP contribution in [0, 0.1) is 11.8 Å². The molecule has 0 aromatic carbocycles. The molecular formula is C19H34N4O3. The second-order valence-electron chi connectivity index (χ2n) is 7.92. The van der Waals surface area contributed by atoms with Crippen LogP contribution >= 0.6 is 0 Å². The summed E-state index contributed by atoms with van der Waals surface area (Å²) in [5.74, 6) is -0.0256.